The highest BCUT2D eigenvalue weighted by atomic mass is 16.5. The average molecular weight is 141 g/mol. The summed E-state index contributed by atoms with van der Waals surface area (Å²) in [6.45, 7) is 2.51. The minimum absolute atomic E-state index is 0.192. The summed E-state index contributed by atoms with van der Waals surface area (Å²) < 4.78 is 5.10. The Labute approximate surface area is 59.7 Å². The number of hydrogen-bond acceptors (Lipinski definition) is 2. The van der Waals surface area contributed by atoms with Crippen molar-refractivity contribution >= 4 is 5.91 Å². The third-order valence-corrected chi connectivity index (χ3v) is 2.36. The highest BCUT2D eigenvalue weighted by Gasteiger charge is 2.41. The van der Waals surface area contributed by atoms with Crippen LogP contribution in [0.25, 0.3) is 0 Å². The van der Waals surface area contributed by atoms with Gasteiger partial charge in [0.05, 0.1) is 13.2 Å². The molecule has 0 bridgehead atoms. The molecule has 1 spiro atoms. The molecule has 0 radical (unpaired) electrons. The van der Waals surface area contributed by atoms with Crippen molar-refractivity contribution in [2.45, 2.75) is 12.8 Å². The normalized spacial score (nSPS) is 29.4. The molecular formula is C7H11NO2. The van der Waals surface area contributed by atoms with Crippen LogP contribution in [0.1, 0.15) is 12.8 Å². The van der Waals surface area contributed by atoms with Gasteiger partial charge in [0, 0.05) is 18.4 Å². The Bertz CT molecular complexity index is 151. The zero-order valence-corrected chi connectivity index (χ0v) is 5.85. The van der Waals surface area contributed by atoms with Crippen molar-refractivity contribution in [1.82, 2.24) is 5.32 Å². The molecule has 0 aliphatic carbocycles. The lowest BCUT2D eigenvalue weighted by atomic mass is 9.79. The zero-order chi connectivity index (χ0) is 7.03. The Hall–Kier alpha value is -0.570. The molecule has 2 rings (SSSR count). The van der Waals surface area contributed by atoms with Gasteiger partial charge in [-0.15, -0.1) is 0 Å². The van der Waals surface area contributed by atoms with Gasteiger partial charge in [-0.05, 0) is 6.42 Å². The summed E-state index contributed by atoms with van der Waals surface area (Å²) in [6.07, 6.45) is 1.70. The fourth-order valence-electron chi connectivity index (χ4n) is 1.48. The Kier molecular flexibility index (Phi) is 1.20. The number of ether oxygens (including phenoxy) is 1. The smallest absolute Gasteiger partial charge is 0.220 e. The maximum absolute atomic E-state index is 10.7. The first kappa shape index (κ1) is 6.16. The minimum atomic E-state index is 0.192. The number of carbonyl (C=O) groups excluding carboxylic acids is 1. The van der Waals surface area contributed by atoms with E-state index in [1.54, 1.807) is 0 Å². The molecule has 0 aromatic rings. The zero-order valence-electron chi connectivity index (χ0n) is 5.85. The molecule has 0 aromatic heterocycles. The predicted octanol–water partition coefficient (Wildman–Crippen LogP) is -0.0870. The summed E-state index contributed by atoms with van der Waals surface area (Å²) in [6, 6.07) is 0. The molecule has 0 aromatic carbocycles. The van der Waals surface area contributed by atoms with Crippen LogP contribution in [0.15, 0.2) is 0 Å². The minimum Gasteiger partial charge on any atom is -0.380 e. The van der Waals surface area contributed by atoms with Crippen LogP contribution in [0, 0.1) is 5.41 Å². The van der Waals surface area contributed by atoms with Gasteiger partial charge in [-0.1, -0.05) is 0 Å². The standard InChI is InChI=1S/C7H11NO2/c9-6-1-2-7(3-8-6)4-10-5-7/h1-5H2,(H,8,9). The third-order valence-electron chi connectivity index (χ3n) is 2.36. The van der Waals surface area contributed by atoms with Gasteiger partial charge in [0.25, 0.3) is 0 Å². The third kappa shape index (κ3) is 0.814. The molecule has 2 heterocycles. The Morgan fingerprint density at radius 3 is 2.70 bits per heavy atom. The van der Waals surface area contributed by atoms with Gasteiger partial charge < -0.3 is 10.1 Å². The molecule has 3 heteroatoms. The maximum atomic E-state index is 10.7. The molecule has 56 valence electrons. The summed E-state index contributed by atoms with van der Waals surface area (Å²) in [5.74, 6) is 0.192. The molecule has 3 nitrogen and oxygen atoms in total. The number of nitrogens with one attached hydrogen (secondary N) is 1. The van der Waals surface area contributed by atoms with E-state index in [1.807, 2.05) is 0 Å². The van der Waals surface area contributed by atoms with Crippen molar-refractivity contribution in [2.75, 3.05) is 19.8 Å². The summed E-state index contributed by atoms with van der Waals surface area (Å²) in [5.41, 5.74) is 0.327. The second kappa shape index (κ2) is 1.95. The number of piperidine rings is 1. The van der Waals surface area contributed by atoms with E-state index in [0.29, 0.717) is 11.8 Å². The molecule has 2 aliphatic heterocycles. The highest BCUT2D eigenvalue weighted by molar-refractivity contribution is 5.76. The Morgan fingerprint density at radius 2 is 2.30 bits per heavy atom. The van der Waals surface area contributed by atoms with Gasteiger partial charge in [0.2, 0.25) is 5.91 Å². The summed E-state index contributed by atoms with van der Waals surface area (Å²) in [4.78, 5) is 10.7. The molecule has 2 fully saturated rings. The highest BCUT2D eigenvalue weighted by Crippen LogP contribution is 2.33. The monoisotopic (exact) mass is 141 g/mol. The maximum Gasteiger partial charge on any atom is 0.220 e. The first-order chi connectivity index (χ1) is 4.81. The van der Waals surface area contributed by atoms with E-state index in [1.165, 1.54) is 0 Å². The fraction of sp³-hybridized carbons (Fsp3) is 0.857. The molecule has 2 saturated heterocycles. The van der Waals surface area contributed by atoms with Crippen molar-refractivity contribution in [3.8, 4) is 0 Å². The Morgan fingerprint density at radius 1 is 1.50 bits per heavy atom. The van der Waals surface area contributed by atoms with E-state index in [2.05, 4.69) is 5.32 Å². The van der Waals surface area contributed by atoms with Crippen LogP contribution in [0.5, 0.6) is 0 Å². The molecular weight excluding hydrogens is 130 g/mol. The molecule has 1 amide bonds. The fourth-order valence-corrected chi connectivity index (χ4v) is 1.48. The summed E-state index contributed by atoms with van der Waals surface area (Å²) >= 11 is 0. The van der Waals surface area contributed by atoms with Gasteiger partial charge in [-0.25, -0.2) is 0 Å². The topological polar surface area (TPSA) is 38.3 Å². The van der Waals surface area contributed by atoms with Crippen molar-refractivity contribution < 1.29 is 9.53 Å². The van der Waals surface area contributed by atoms with E-state index in [-0.39, 0.29) is 5.91 Å². The first-order valence-corrected chi connectivity index (χ1v) is 3.65. The lowest BCUT2D eigenvalue weighted by molar-refractivity contribution is -0.144. The van der Waals surface area contributed by atoms with Crippen molar-refractivity contribution in [3.05, 3.63) is 0 Å². The van der Waals surface area contributed by atoms with Crippen molar-refractivity contribution in [2.24, 2.45) is 5.41 Å². The largest absolute Gasteiger partial charge is 0.380 e. The van der Waals surface area contributed by atoms with E-state index < -0.39 is 0 Å². The second-order valence-electron chi connectivity index (χ2n) is 3.27. The van der Waals surface area contributed by atoms with Crippen LogP contribution in [-0.2, 0) is 9.53 Å². The van der Waals surface area contributed by atoms with Crippen LogP contribution in [0.2, 0.25) is 0 Å². The molecule has 2 aliphatic rings. The molecule has 0 atom stereocenters. The summed E-state index contributed by atoms with van der Waals surface area (Å²) in [7, 11) is 0. The average Bonchev–Trinajstić information content (AvgIpc) is 1.86. The Balaban J connectivity index is 1.96. The quantitative estimate of drug-likeness (QED) is 0.512. The first-order valence-electron chi connectivity index (χ1n) is 3.65. The van der Waals surface area contributed by atoms with Gasteiger partial charge in [-0.3, -0.25) is 4.79 Å². The molecule has 0 unspecified atom stereocenters. The van der Waals surface area contributed by atoms with Crippen LogP contribution in [0.3, 0.4) is 0 Å². The number of rotatable bonds is 0. The number of hydrogen-bond donors (Lipinski definition) is 1. The molecule has 1 N–H and O–H groups in total. The van der Waals surface area contributed by atoms with Crippen LogP contribution in [-0.4, -0.2) is 25.7 Å². The van der Waals surface area contributed by atoms with Crippen LogP contribution >= 0.6 is 0 Å². The van der Waals surface area contributed by atoms with Gasteiger partial charge in [0.15, 0.2) is 0 Å². The van der Waals surface area contributed by atoms with E-state index >= 15 is 0 Å². The number of amides is 1. The predicted molar refractivity (Wildman–Crippen MR) is 35.5 cm³/mol. The lowest BCUT2D eigenvalue weighted by Crippen LogP contribution is -2.54. The molecule has 10 heavy (non-hydrogen) atoms. The van der Waals surface area contributed by atoms with E-state index in [4.69, 9.17) is 4.74 Å². The van der Waals surface area contributed by atoms with Gasteiger partial charge >= 0.3 is 0 Å². The SMILES string of the molecule is O=C1CCC2(CN1)COC2. The van der Waals surface area contributed by atoms with E-state index in [0.717, 1.165) is 26.2 Å². The van der Waals surface area contributed by atoms with Gasteiger partial charge in [-0.2, -0.15) is 0 Å². The van der Waals surface area contributed by atoms with Crippen molar-refractivity contribution in [1.29, 1.82) is 0 Å². The van der Waals surface area contributed by atoms with E-state index in [9.17, 15) is 4.79 Å². The van der Waals surface area contributed by atoms with Crippen LogP contribution < -0.4 is 5.32 Å². The second-order valence-corrected chi connectivity index (χ2v) is 3.27. The van der Waals surface area contributed by atoms with Crippen molar-refractivity contribution in [3.63, 3.8) is 0 Å². The number of carbonyl (C=O) groups is 1. The van der Waals surface area contributed by atoms with Gasteiger partial charge in [0.1, 0.15) is 0 Å². The van der Waals surface area contributed by atoms with Crippen LogP contribution in [0.4, 0.5) is 0 Å². The summed E-state index contributed by atoms with van der Waals surface area (Å²) in [5, 5.41) is 2.86. The molecule has 0 saturated carbocycles. The lowest BCUT2D eigenvalue weighted by Gasteiger charge is -2.43.